The Hall–Kier alpha value is -4.81. The van der Waals surface area contributed by atoms with Gasteiger partial charge in [-0.3, -0.25) is 4.79 Å². The lowest BCUT2D eigenvalue weighted by Gasteiger charge is -2.15. The van der Waals surface area contributed by atoms with Crippen molar-refractivity contribution in [1.82, 2.24) is 4.98 Å². The quantitative estimate of drug-likeness (QED) is 0.231. The van der Waals surface area contributed by atoms with Gasteiger partial charge in [-0.1, -0.05) is 36.4 Å². The first-order chi connectivity index (χ1) is 18.9. The minimum absolute atomic E-state index is 0.0864. The second-order valence-electron chi connectivity index (χ2n) is 8.31. The number of nitriles is 1. The number of aromatic nitrogens is 1. The van der Waals surface area contributed by atoms with Gasteiger partial charge < -0.3 is 19.9 Å². The van der Waals surface area contributed by atoms with Crippen molar-refractivity contribution in [2.75, 3.05) is 25.3 Å². The number of benzene rings is 3. The van der Waals surface area contributed by atoms with Gasteiger partial charge in [0.2, 0.25) is 5.91 Å². The van der Waals surface area contributed by atoms with Crippen LogP contribution in [0.4, 0.5) is 5.69 Å². The molecule has 4 rings (SSSR count). The normalized spacial score (nSPS) is 10.4. The van der Waals surface area contributed by atoms with Gasteiger partial charge in [-0.15, -0.1) is 11.8 Å². The number of ether oxygens (including phenoxy) is 2. The van der Waals surface area contributed by atoms with Crippen LogP contribution in [-0.2, 0) is 4.79 Å². The van der Waals surface area contributed by atoms with Gasteiger partial charge in [0.15, 0.2) is 0 Å². The summed E-state index contributed by atoms with van der Waals surface area (Å²) < 4.78 is 11.0. The fourth-order valence-corrected chi connectivity index (χ4v) is 4.87. The Kier molecular flexibility index (Phi) is 8.82. The summed E-state index contributed by atoms with van der Waals surface area (Å²) in [7, 11) is 3.14. The number of rotatable bonds is 10. The zero-order chi connectivity index (χ0) is 27.8. The molecule has 0 fully saturated rings. The fraction of sp³-hybridized carbons (Fsp3) is 0.133. The van der Waals surface area contributed by atoms with Crippen molar-refractivity contribution in [2.24, 2.45) is 0 Å². The largest absolute Gasteiger partial charge is 0.497 e. The Morgan fingerprint density at radius 3 is 2.46 bits per heavy atom. The number of nitrogens with one attached hydrogen (secondary N) is 1. The first-order valence-corrected chi connectivity index (χ1v) is 12.9. The van der Waals surface area contributed by atoms with E-state index in [0.717, 1.165) is 5.56 Å². The Morgan fingerprint density at radius 2 is 1.77 bits per heavy atom. The fourth-order valence-electron chi connectivity index (χ4n) is 3.92. The minimum Gasteiger partial charge on any atom is -0.497 e. The number of aromatic carboxylic acids is 1. The highest BCUT2D eigenvalue weighted by Gasteiger charge is 2.19. The third-order valence-electron chi connectivity index (χ3n) is 5.83. The number of methoxy groups -OCH3 is 2. The van der Waals surface area contributed by atoms with Crippen LogP contribution in [-0.4, -0.2) is 41.9 Å². The molecule has 1 amide bonds. The lowest BCUT2D eigenvalue weighted by molar-refractivity contribution is -0.115. The number of carboxylic acid groups (broad SMARTS) is 1. The molecule has 9 heteroatoms. The average Bonchev–Trinajstić information content (AvgIpc) is 2.96. The third-order valence-corrected chi connectivity index (χ3v) is 6.80. The second kappa shape index (κ2) is 12.6. The van der Waals surface area contributed by atoms with Gasteiger partial charge >= 0.3 is 5.97 Å². The van der Waals surface area contributed by atoms with E-state index < -0.39 is 5.97 Å². The number of hydrogen-bond donors (Lipinski definition) is 2. The summed E-state index contributed by atoms with van der Waals surface area (Å²) in [4.78, 5) is 28.6. The number of nitrogens with zero attached hydrogens (tertiary/aromatic N) is 2. The molecule has 1 aromatic heterocycles. The molecule has 0 saturated heterocycles. The molecule has 39 heavy (non-hydrogen) atoms. The lowest BCUT2D eigenvalue weighted by atomic mass is 9.98. The van der Waals surface area contributed by atoms with Crippen LogP contribution in [0.3, 0.4) is 0 Å². The first kappa shape index (κ1) is 27.2. The molecule has 8 nitrogen and oxygen atoms in total. The smallest absolute Gasteiger partial charge is 0.335 e. The highest BCUT2D eigenvalue weighted by atomic mass is 32.2. The predicted octanol–water partition coefficient (Wildman–Crippen LogP) is 6.12. The number of amides is 1. The zero-order valence-corrected chi connectivity index (χ0v) is 22.1. The number of carboxylic acids is 1. The summed E-state index contributed by atoms with van der Waals surface area (Å²) in [6.45, 7) is 0. The van der Waals surface area contributed by atoms with Crippen molar-refractivity contribution in [1.29, 1.82) is 5.26 Å². The van der Waals surface area contributed by atoms with Gasteiger partial charge in [0, 0.05) is 34.6 Å². The highest BCUT2D eigenvalue weighted by molar-refractivity contribution is 7.99. The number of carbonyl (C=O) groups excluding carboxylic acids is 1. The molecule has 2 N–H and O–H groups in total. The zero-order valence-electron chi connectivity index (χ0n) is 21.3. The van der Waals surface area contributed by atoms with Crippen molar-refractivity contribution in [3.63, 3.8) is 0 Å². The second-order valence-corrected chi connectivity index (χ2v) is 9.40. The van der Waals surface area contributed by atoms with Crippen LogP contribution in [0.25, 0.3) is 22.4 Å². The molecule has 0 atom stereocenters. The maximum absolute atomic E-state index is 12.6. The van der Waals surface area contributed by atoms with Gasteiger partial charge in [0.25, 0.3) is 0 Å². The molecule has 0 radical (unpaired) electrons. The first-order valence-electron chi connectivity index (χ1n) is 11.9. The maximum atomic E-state index is 12.6. The SMILES string of the molecule is COc1ccc(OC)c(-c2cc(-c3ccccc3)nc(SCCC(=O)Nc3cccc(C(=O)O)c3)c2C#N)c1. The molecular formula is C30H25N3O5S. The monoisotopic (exact) mass is 539 g/mol. The molecule has 1 heterocycles. The van der Waals surface area contributed by atoms with Gasteiger partial charge in [-0.25, -0.2) is 9.78 Å². The van der Waals surface area contributed by atoms with Crippen molar-refractivity contribution < 1.29 is 24.2 Å². The van der Waals surface area contributed by atoms with Gasteiger partial charge in [0.1, 0.15) is 22.6 Å². The Balaban J connectivity index is 1.65. The van der Waals surface area contributed by atoms with E-state index in [-0.39, 0.29) is 17.9 Å². The molecule has 3 aromatic carbocycles. The maximum Gasteiger partial charge on any atom is 0.335 e. The van der Waals surface area contributed by atoms with Crippen LogP contribution in [0.1, 0.15) is 22.3 Å². The van der Waals surface area contributed by atoms with Crippen LogP contribution < -0.4 is 14.8 Å². The van der Waals surface area contributed by atoms with Crippen molar-refractivity contribution in [2.45, 2.75) is 11.4 Å². The third kappa shape index (κ3) is 6.55. The van der Waals surface area contributed by atoms with Crippen LogP contribution in [0.15, 0.2) is 83.9 Å². The van der Waals surface area contributed by atoms with Crippen LogP contribution >= 0.6 is 11.8 Å². The molecule has 0 aliphatic carbocycles. The topological polar surface area (TPSA) is 122 Å². The van der Waals surface area contributed by atoms with E-state index in [1.54, 1.807) is 38.5 Å². The molecule has 0 spiro atoms. The number of pyridine rings is 1. The molecule has 0 unspecified atom stereocenters. The molecule has 0 bridgehead atoms. The average molecular weight is 540 g/mol. The van der Waals surface area contributed by atoms with E-state index in [4.69, 9.17) is 19.6 Å². The Morgan fingerprint density at radius 1 is 0.974 bits per heavy atom. The summed E-state index contributed by atoms with van der Waals surface area (Å²) in [6, 6.07) is 25.2. The summed E-state index contributed by atoms with van der Waals surface area (Å²) >= 11 is 1.30. The predicted molar refractivity (Wildman–Crippen MR) is 150 cm³/mol. The summed E-state index contributed by atoms with van der Waals surface area (Å²) in [5, 5.41) is 22.6. The van der Waals surface area contributed by atoms with Crippen LogP contribution in [0, 0.1) is 11.3 Å². The standard InChI is InChI=1S/C30H25N3O5S/c1-37-22-11-12-27(38-2)24(16-22)23-17-26(19-7-4-3-5-8-19)33-29(25(23)18-31)39-14-13-28(34)32-21-10-6-9-20(15-21)30(35)36/h3-12,15-17H,13-14H2,1-2H3,(H,32,34)(H,35,36). The molecule has 0 saturated carbocycles. The number of carbonyl (C=O) groups is 2. The highest BCUT2D eigenvalue weighted by Crippen LogP contribution is 2.40. The molecule has 4 aromatic rings. The number of anilines is 1. The van der Waals surface area contributed by atoms with Gasteiger partial charge in [-0.2, -0.15) is 5.26 Å². The van der Waals surface area contributed by atoms with Gasteiger partial charge in [0.05, 0.1) is 31.0 Å². The van der Waals surface area contributed by atoms with E-state index in [1.165, 1.54) is 23.9 Å². The van der Waals surface area contributed by atoms with E-state index in [1.807, 2.05) is 42.5 Å². The van der Waals surface area contributed by atoms with Gasteiger partial charge in [-0.05, 0) is 42.5 Å². The molecule has 196 valence electrons. The van der Waals surface area contributed by atoms with Crippen LogP contribution in [0.5, 0.6) is 11.5 Å². The molecule has 0 aliphatic heterocycles. The number of hydrogen-bond acceptors (Lipinski definition) is 7. The Labute approximate surface area is 230 Å². The lowest BCUT2D eigenvalue weighted by Crippen LogP contribution is -2.12. The van der Waals surface area contributed by atoms with Crippen molar-refractivity contribution >= 4 is 29.3 Å². The molecular weight excluding hydrogens is 514 g/mol. The van der Waals surface area contributed by atoms with E-state index in [0.29, 0.717) is 50.3 Å². The molecule has 0 aliphatic rings. The van der Waals surface area contributed by atoms with Crippen LogP contribution in [0.2, 0.25) is 0 Å². The minimum atomic E-state index is -1.07. The van der Waals surface area contributed by atoms with E-state index >= 15 is 0 Å². The van der Waals surface area contributed by atoms with E-state index in [9.17, 15) is 14.9 Å². The summed E-state index contributed by atoms with van der Waals surface area (Å²) in [5.74, 6) is 0.192. The van der Waals surface area contributed by atoms with E-state index in [2.05, 4.69) is 11.4 Å². The summed E-state index contributed by atoms with van der Waals surface area (Å²) in [6.07, 6.45) is 0.127. The number of thioether (sulfide) groups is 1. The van der Waals surface area contributed by atoms with Crippen molar-refractivity contribution in [3.05, 3.63) is 90.0 Å². The Bertz CT molecular complexity index is 1550. The van der Waals surface area contributed by atoms with Crippen molar-refractivity contribution in [3.8, 4) is 40.0 Å². The summed E-state index contributed by atoms with van der Waals surface area (Å²) in [5.41, 5.74) is 3.73.